The maximum absolute atomic E-state index is 13.1. The van der Waals surface area contributed by atoms with Crippen LogP contribution < -0.4 is 16.2 Å². The van der Waals surface area contributed by atoms with E-state index in [1.165, 1.54) is 30.3 Å². The molecular weight excluding hydrogens is 283 g/mol. The molecule has 0 aliphatic rings. The van der Waals surface area contributed by atoms with Crippen LogP contribution in [-0.4, -0.2) is 5.91 Å². The molecule has 0 aromatic heterocycles. The summed E-state index contributed by atoms with van der Waals surface area (Å²) < 4.78 is 18.6. The van der Waals surface area contributed by atoms with E-state index in [0.29, 0.717) is 16.3 Å². The number of amides is 1. The molecule has 104 valence electrons. The molecule has 4 N–H and O–H groups in total. The van der Waals surface area contributed by atoms with Gasteiger partial charge in [0.15, 0.2) is 0 Å². The van der Waals surface area contributed by atoms with Gasteiger partial charge >= 0.3 is 0 Å². The van der Waals surface area contributed by atoms with Crippen LogP contribution in [0.25, 0.3) is 0 Å². The normalized spacial score (nSPS) is 10.3. The highest BCUT2D eigenvalue weighted by Gasteiger charge is 2.11. The monoisotopic (exact) mass is 294 g/mol. The molecule has 6 heteroatoms. The van der Waals surface area contributed by atoms with Crippen LogP contribution in [0.2, 0.25) is 5.02 Å². The van der Waals surface area contributed by atoms with E-state index in [2.05, 4.69) is 0 Å². The van der Waals surface area contributed by atoms with E-state index in [4.69, 9.17) is 27.8 Å². The van der Waals surface area contributed by atoms with Gasteiger partial charge in [0.2, 0.25) is 0 Å². The van der Waals surface area contributed by atoms with Crippen molar-refractivity contribution in [2.24, 2.45) is 5.73 Å². The lowest BCUT2D eigenvalue weighted by Gasteiger charge is -2.11. The van der Waals surface area contributed by atoms with E-state index in [9.17, 15) is 9.18 Å². The van der Waals surface area contributed by atoms with Crippen LogP contribution in [0.4, 0.5) is 10.1 Å². The number of nitrogens with two attached hydrogens (primary N) is 2. The molecule has 1 amide bonds. The number of carbonyl (C=O) groups excluding carboxylic acids is 1. The summed E-state index contributed by atoms with van der Waals surface area (Å²) in [6.07, 6.45) is 0. The predicted octanol–water partition coefficient (Wildman–Crippen LogP) is 2.74. The third-order valence-electron chi connectivity index (χ3n) is 2.66. The first-order valence-corrected chi connectivity index (χ1v) is 6.11. The molecule has 0 saturated carbocycles. The van der Waals surface area contributed by atoms with Gasteiger partial charge in [-0.3, -0.25) is 4.79 Å². The summed E-state index contributed by atoms with van der Waals surface area (Å²) >= 11 is 5.93. The molecule has 0 fully saturated rings. The van der Waals surface area contributed by atoms with Crippen LogP contribution in [0.5, 0.6) is 5.75 Å². The molecule has 2 aromatic carbocycles. The van der Waals surface area contributed by atoms with Gasteiger partial charge in [0.1, 0.15) is 18.2 Å². The first kappa shape index (κ1) is 14.1. The van der Waals surface area contributed by atoms with Gasteiger partial charge in [-0.05, 0) is 36.4 Å². The smallest absolute Gasteiger partial charge is 0.252 e. The second-order valence-electron chi connectivity index (χ2n) is 4.14. The fourth-order valence-electron chi connectivity index (χ4n) is 1.68. The SMILES string of the molecule is NC(=O)c1cc(N)ccc1OCc1cc(F)ccc1Cl. The van der Waals surface area contributed by atoms with Gasteiger partial charge in [0, 0.05) is 16.3 Å². The first-order valence-electron chi connectivity index (χ1n) is 5.73. The van der Waals surface area contributed by atoms with E-state index in [1.807, 2.05) is 0 Å². The van der Waals surface area contributed by atoms with Crippen molar-refractivity contribution < 1.29 is 13.9 Å². The van der Waals surface area contributed by atoms with Crippen molar-refractivity contribution in [2.45, 2.75) is 6.61 Å². The highest BCUT2D eigenvalue weighted by atomic mass is 35.5. The number of anilines is 1. The molecule has 20 heavy (non-hydrogen) atoms. The fraction of sp³-hybridized carbons (Fsp3) is 0.0714. The average molecular weight is 295 g/mol. The second-order valence-corrected chi connectivity index (χ2v) is 4.55. The number of nitrogen functional groups attached to an aromatic ring is 1. The molecule has 0 atom stereocenters. The summed E-state index contributed by atoms with van der Waals surface area (Å²) in [4.78, 5) is 11.3. The summed E-state index contributed by atoms with van der Waals surface area (Å²) in [5.41, 5.74) is 11.9. The summed E-state index contributed by atoms with van der Waals surface area (Å²) in [5, 5.41) is 0.377. The zero-order valence-electron chi connectivity index (χ0n) is 10.4. The van der Waals surface area contributed by atoms with Gasteiger partial charge in [0.05, 0.1) is 5.56 Å². The van der Waals surface area contributed by atoms with Gasteiger partial charge < -0.3 is 16.2 Å². The molecule has 0 heterocycles. The van der Waals surface area contributed by atoms with Crippen molar-refractivity contribution in [1.29, 1.82) is 0 Å². The Kier molecular flexibility index (Phi) is 4.10. The summed E-state index contributed by atoms with van der Waals surface area (Å²) in [5.74, 6) is -0.801. The van der Waals surface area contributed by atoms with Crippen molar-refractivity contribution in [3.05, 3.63) is 58.4 Å². The standard InChI is InChI=1S/C14H12ClFN2O2/c15-12-3-1-9(16)5-8(12)7-20-13-4-2-10(17)6-11(13)14(18)19/h1-6H,7,17H2,(H2,18,19). The van der Waals surface area contributed by atoms with Crippen LogP contribution in [0, 0.1) is 5.82 Å². The van der Waals surface area contributed by atoms with Gasteiger partial charge in [-0.2, -0.15) is 0 Å². The van der Waals surface area contributed by atoms with E-state index in [0.717, 1.165) is 0 Å². The molecule has 4 nitrogen and oxygen atoms in total. The molecular formula is C14H12ClFN2O2. The second kappa shape index (κ2) is 5.79. The minimum Gasteiger partial charge on any atom is -0.488 e. The van der Waals surface area contributed by atoms with Gasteiger partial charge in [-0.1, -0.05) is 11.6 Å². The van der Waals surface area contributed by atoms with Crippen LogP contribution in [0.15, 0.2) is 36.4 Å². The van der Waals surface area contributed by atoms with Crippen molar-refractivity contribution in [2.75, 3.05) is 5.73 Å². The van der Waals surface area contributed by atoms with Crippen LogP contribution in [0.1, 0.15) is 15.9 Å². The maximum atomic E-state index is 13.1. The van der Waals surface area contributed by atoms with Crippen molar-refractivity contribution in [1.82, 2.24) is 0 Å². The number of primary amides is 1. The number of benzene rings is 2. The summed E-state index contributed by atoms with van der Waals surface area (Å²) in [6.45, 7) is 0.0147. The zero-order valence-corrected chi connectivity index (χ0v) is 11.2. The Hall–Kier alpha value is -2.27. The van der Waals surface area contributed by atoms with Gasteiger partial charge in [-0.15, -0.1) is 0 Å². The molecule has 0 bridgehead atoms. The van der Waals surface area contributed by atoms with E-state index < -0.39 is 11.7 Å². The number of halogens is 2. The molecule has 2 rings (SSSR count). The predicted molar refractivity (Wildman–Crippen MR) is 75.1 cm³/mol. The van der Waals surface area contributed by atoms with Crippen molar-refractivity contribution >= 4 is 23.2 Å². The number of rotatable bonds is 4. The molecule has 0 spiro atoms. The number of ether oxygens (including phenoxy) is 1. The number of carbonyl (C=O) groups is 1. The van der Waals surface area contributed by atoms with Crippen molar-refractivity contribution in [3.63, 3.8) is 0 Å². The molecule has 2 aromatic rings. The molecule has 0 aliphatic carbocycles. The van der Waals surface area contributed by atoms with Crippen LogP contribution >= 0.6 is 11.6 Å². The minimum atomic E-state index is -0.655. The maximum Gasteiger partial charge on any atom is 0.252 e. The Morgan fingerprint density at radius 1 is 1.25 bits per heavy atom. The van der Waals surface area contributed by atoms with Gasteiger partial charge in [-0.25, -0.2) is 4.39 Å². The third kappa shape index (κ3) is 3.19. The summed E-state index contributed by atoms with van der Waals surface area (Å²) in [6, 6.07) is 8.49. The molecule has 0 aliphatic heterocycles. The molecule has 0 radical (unpaired) electrons. The average Bonchev–Trinajstić information content (AvgIpc) is 2.40. The molecule has 0 saturated heterocycles. The van der Waals surface area contributed by atoms with Gasteiger partial charge in [0.25, 0.3) is 5.91 Å². The first-order chi connectivity index (χ1) is 9.47. The zero-order chi connectivity index (χ0) is 14.7. The number of hydrogen-bond acceptors (Lipinski definition) is 3. The van der Waals surface area contributed by atoms with Crippen LogP contribution in [-0.2, 0) is 6.61 Å². The number of hydrogen-bond donors (Lipinski definition) is 2. The Balaban J connectivity index is 2.23. The lowest BCUT2D eigenvalue weighted by atomic mass is 10.1. The highest BCUT2D eigenvalue weighted by molar-refractivity contribution is 6.31. The van der Waals surface area contributed by atoms with Crippen LogP contribution in [0.3, 0.4) is 0 Å². The lowest BCUT2D eigenvalue weighted by molar-refractivity contribution is 0.0996. The Morgan fingerprint density at radius 2 is 2.00 bits per heavy atom. The largest absolute Gasteiger partial charge is 0.488 e. The Labute approximate surface area is 120 Å². The fourth-order valence-corrected chi connectivity index (χ4v) is 1.85. The highest BCUT2D eigenvalue weighted by Crippen LogP contribution is 2.24. The van der Waals surface area contributed by atoms with Crippen molar-refractivity contribution in [3.8, 4) is 5.75 Å². The Bertz CT molecular complexity index is 662. The Morgan fingerprint density at radius 3 is 2.70 bits per heavy atom. The van der Waals surface area contributed by atoms with E-state index >= 15 is 0 Å². The molecule has 0 unspecified atom stereocenters. The quantitative estimate of drug-likeness (QED) is 0.851. The van der Waals surface area contributed by atoms with E-state index in [1.54, 1.807) is 6.07 Å². The third-order valence-corrected chi connectivity index (χ3v) is 3.03. The lowest BCUT2D eigenvalue weighted by Crippen LogP contribution is -2.13. The summed E-state index contributed by atoms with van der Waals surface area (Å²) in [7, 11) is 0. The minimum absolute atomic E-state index is 0.0147. The topological polar surface area (TPSA) is 78.3 Å². The van der Waals surface area contributed by atoms with E-state index in [-0.39, 0.29) is 17.9 Å².